The average molecular weight is 416 g/mol. The van der Waals surface area contributed by atoms with E-state index < -0.39 is 23.8 Å². The number of amides is 2. The summed E-state index contributed by atoms with van der Waals surface area (Å²) in [7, 11) is 0. The van der Waals surface area contributed by atoms with Crippen molar-refractivity contribution in [2.24, 2.45) is 23.2 Å². The molecule has 6 nitrogen and oxygen atoms in total. The highest BCUT2D eigenvalue weighted by atomic mass is 19.1. The normalized spacial score (nSPS) is 29.9. The Labute approximate surface area is 175 Å². The molecule has 30 heavy (non-hydrogen) atoms. The molecule has 0 spiro atoms. The molecule has 7 heteroatoms. The van der Waals surface area contributed by atoms with Crippen molar-refractivity contribution in [3.8, 4) is 0 Å². The molecule has 1 aromatic carbocycles. The van der Waals surface area contributed by atoms with E-state index in [1.807, 2.05) is 0 Å². The van der Waals surface area contributed by atoms with Crippen LogP contribution in [0.5, 0.6) is 0 Å². The predicted molar refractivity (Wildman–Crippen MR) is 109 cm³/mol. The van der Waals surface area contributed by atoms with E-state index in [0.717, 1.165) is 19.3 Å². The van der Waals surface area contributed by atoms with E-state index in [1.165, 1.54) is 50.5 Å². The number of halogens is 1. The van der Waals surface area contributed by atoms with Gasteiger partial charge in [0.15, 0.2) is 6.10 Å². The molecule has 0 radical (unpaired) electrons. The van der Waals surface area contributed by atoms with Gasteiger partial charge in [0.05, 0.1) is 6.42 Å². The van der Waals surface area contributed by atoms with Gasteiger partial charge in [-0.3, -0.25) is 14.4 Å². The standard InChI is InChI=1S/C23H29FN2O4/c1-14(21(28)26-19-4-2-18(24)3-5-19)30-20(27)6-7-25-22(29)23-11-15-8-16(12-23)10-17(9-15)13-23/h2-5,14-17H,6-13H2,1H3,(H,25,29)(H,26,28)/t14-,15?,16?,17?,23?/m0/s1. The van der Waals surface area contributed by atoms with E-state index in [1.54, 1.807) is 0 Å². The van der Waals surface area contributed by atoms with Crippen molar-refractivity contribution in [2.45, 2.75) is 58.0 Å². The zero-order valence-corrected chi connectivity index (χ0v) is 17.3. The summed E-state index contributed by atoms with van der Waals surface area (Å²) < 4.78 is 18.1. The molecule has 162 valence electrons. The molecule has 1 aromatic rings. The fraction of sp³-hybridized carbons (Fsp3) is 0.609. The molecule has 4 aliphatic carbocycles. The van der Waals surface area contributed by atoms with Gasteiger partial charge in [0.2, 0.25) is 5.91 Å². The highest BCUT2D eigenvalue weighted by Gasteiger charge is 2.54. The summed E-state index contributed by atoms with van der Waals surface area (Å²) in [5.41, 5.74) is 0.188. The first kappa shape index (κ1) is 20.8. The Kier molecular flexibility index (Phi) is 5.80. The second kappa shape index (κ2) is 8.36. The molecule has 0 aromatic heterocycles. The number of hydrogen-bond acceptors (Lipinski definition) is 4. The molecule has 2 amide bonds. The molecule has 1 atom stereocenters. The molecule has 2 N–H and O–H groups in total. The van der Waals surface area contributed by atoms with Gasteiger partial charge >= 0.3 is 5.97 Å². The first-order valence-corrected chi connectivity index (χ1v) is 10.9. The first-order valence-electron chi connectivity index (χ1n) is 10.9. The van der Waals surface area contributed by atoms with Crippen LogP contribution in [0.15, 0.2) is 24.3 Å². The minimum atomic E-state index is -0.985. The molecular formula is C23H29FN2O4. The second-order valence-corrected chi connectivity index (χ2v) is 9.33. The lowest BCUT2D eigenvalue weighted by Crippen LogP contribution is -2.53. The second-order valence-electron chi connectivity index (χ2n) is 9.33. The van der Waals surface area contributed by atoms with E-state index in [-0.39, 0.29) is 24.3 Å². The average Bonchev–Trinajstić information content (AvgIpc) is 2.68. The van der Waals surface area contributed by atoms with Gasteiger partial charge in [0.25, 0.3) is 5.91 Å². The van der Waals surface area contributed by atoms with E-state index in [4.69, 9.17) is 4.74 Å². The van der Waals surface area contributed by atoms with E-state index in [9.17, 15) is 18.8 Å². The maximum Gasteiger partial charge on any atom is 0.308 e. The number of rotatable bonds is 7. The Balaban J connectivity index is 1.20. The van der Waals surface area contributed by atoms with E-state index in [2.05, 4.69) is 10.6 Å². The summed E-state index contributed by atoms with van der Waals surface area (Å²) in [6.07, 6.45) is 5.80. The zero-order valence-electron chi connectivity index (χ0n) is 17.3. The van der Waals surface area contributed by atoms with Crippen LogP contribution in [-0.2, 0) is 19.1 Å². The van der Waals surface area contributed by atoms with Gasteiger partial charge in [0.1, 0.15) is 5.82 Å². The van der Waals surface area contributed by atoms with Crippen LogP contribution < -0.4 is 10.6 Å². The van der Waals surface area contributed by atoms with Crippen molar-refractivity contribution in [2.75, 3.05) is 11.9 Å². The summed E-state index contributed by atoms with van der Waals surface area (Å²) in [5, 5.41) is 5.51. The quantitative estimate of drug-likeness (QED) is 0.667. The topological polar surface area (TPSA) is 84.5 Å². The lowest BCUT2D eigenvalue weighted by molar-refractivity contribution is -0.153. The van der Waals surface area contributed by atoms with Crippen molar-refractivity contribution < 1.29 is 23.5 Å². The first-order chi connectivity index (χ1) is 14.3. The van der Waals surface area contributed by atoms with E-state index in [0.29, 0.717) is 23.4 Å². The molecular weight excluding hydrogens is 387 g/mol. The molecule has 4 bridgehead atoms. The van der Waals surface area contributed by atoms with Crippen LogP contribution in [-0.4, -0.2) is 30.4 Å². The van der Waals surface area contributed by atoms with Crippen LogP contribution in [0.3, 0.4) is 0 Å². The molecule has 0 aliphatic heterocycles. The fourth-order valence-corrected chi connectivity index (χ4v) is 5.94. The third-order valence-corrected chi connectivity index (χ3v) is 6.92. The highest BCUT2D eigenvalue weighted by molar-refractivity contribution is 5.95. The molecule has 4 aliphatic rings. The number of carbonyl (C=O) groups is 3. The summed E-state index contributed by atoms with van der Waals surface area (Å²) in [6.45, 7) is 1.69. The van der Waals surface area contributed by atoms with Gasteiger partial charge < -0.3 is 15.4 Å². The number of nitrogens with one attached hydrogen (secondary N) is 2. The summed E-state index contributed by atoms with van der Waals surface area (Å²) in [6, 6.07) is 5.33. The number of hydrogen-bond donors (Lipinski definition) is 2. The fourth-order valence-electron chi connectivity index (χ4n) is 5.94. The predicted octanol–water partition coefficient (Wildman–Crippen LogP) is 3.42. The molecule has 5 rings (SSSR count). The molecule has 4 fully saturated rings. The van der Waals surface area contributed by atoms with Crippen LogP contribution >= 0.6 is 0 Å². The van der Waals surface area contributed by atoms with Gasteiger partial charge in [-0.05, 0) is 87.5 Å². The summed E-state index contributed by atoms with van der Waals surface area (Å²) in [5.74, 6) is 0.710. The smallest absolute Gasteiger partial charge is 0.308 e. The molecule has 4 saturated carbocycles. The third-order valence-electron chi connectivity index (χ3n) is 6.92. The Bertz CT molecular complexity index is 788. The monoisotopic (exact) mass is 416 g/mol. The summed E-state index contributed by atoms with van der Waals surface area (Å²) in [4.78, 5) is 37.1. The van der Waals surface area contributed by atoms with Crippen molar-refractivity contribution in [1.29, 1.82) is 0 Å². The van der Waals surface area contributed by atoms with Gasteiger partial charge in [-0.1, -0.05) is 0 Å². The maximum absolute atomic E-state index is 12.9. The maximum atomic E-state index is 12.9. The Morgan fingerprint density at radius 2 is 1.63 bits per heavy atom. The molecule has 0 unspecified atom stereocenters. The Hall–Kier alpha value is -2.44. The Morgan fingerprint density at radius 3 is 2.20 bits per heavy atom. The largest absolute Gasteiger partial charge is 0.452 e. The van der Waals surface area contributed by atoms with Crippen molar-refractivity contribution in [3.05, 3.63) is 30.1 Å². The number of ether oxygens (including phenoxy) is 1. The van der Waals surface area contributed by atoms with Crippen molar-refractivity contribution in [3.63, 3.8) is 0 Å². The SMILES string of the molecule is C[C@H](OC(=O)CCNC(=O)C12CC3CC(CC(C3)C1)C2)C(=O)Nc1ccc(F)cc1. The van der Waals surface area contributed by atoms with Gasteiger partial charge in [0, 0.05) is 17.6 Å². The summed E-state index contributed by atoms with van der Waals surface area (Å²) >= 11 is 0. The number of carbonyl (C=O) groups excluding carboxylic acids is 3. The zero-order chi connectivity index (χ0) is 21.3. The molecule has 0 saturated heterocycles. The number of anilines is 1. The minimum absolute atomic E-state index is 0.0201. The van der Waals surface area contributed by atoms with Gasteiger partial charge in [-0.15, -0.1) is 0 Å². The lowest BCUT2D eigenvalue weighted by atomic mass is 9.49. The lowest BCUT2D eigenvalue weighted by Gasteiger charge is -2.55. The van der Waals surface area contributed by atoms with Crippen LogP contribution in [0.4, 0.5) is 10.1 Å². The van der Waals surface area contributed by atoms with Crippen molar-refractivity contribution in [1.82, 2.24) is 5.32 Å². The van der Waals surface area contributed by atoms with Crippen LogP contribution in [0, 0.1) is 29.0 Å². The van der Waals surface area contributed by atoms with Crippen LogP contribution in [0.1, 0.15) is 51.9 Å². The van der Waals surface area contributed by atoms with Crippen LogP contribution in [0.2, 0.25) is 0 Å². The highest BCUT2D eigenvalue weighted by Crippen LogP contribution is 2.60. The minimum Gasteiger partial charge on any atom is -0.452 e. The Morgan fingerprint density at radius 1 is 1.07 bits per heavy atom. The van der Waals surface area contributed by atoms with E-state index >= 15 is 0 Å². The third kappa shape index (κ3) is 4.50. The van der Waals surface area contributed by atoms with Crippen molar-refractivity contribution >= 4 is 23.5 Å². The van der Waals surface area contributed by atoms with Crippen LogP contribution in [0.25, 0.3) is 0 Å². The number of benzene rings is 1. The molecule has 0 heterocycles. The number of esters is 1. The van der Waals surface area contributed by atoms with Gasteiger partial charge in [-0.2, -0.15) is 0 Å². The van der Waals surface area contributed by atoms with Gasteiger partial charge in [-0.25, -0.2) is 4.39 Å².